The molecule has 0 amide bonds. The third-order valence-corrected chi connectivity index (χ3v) is 4.14. The van der Waals surface area contributed by atoms with Gasteiger partial charge < -0.3 is 14.7 Å². The summed E-state index contributed by atoms with van der Waals surface area (Å²) in [5, 5.41) is 0. The third-order valence-electron chi connectivity index (χ3n) is 3.41. The molecule has 0 saturated carbocycles. The molecule has 1 heterocycles. The maximum atomic E-state index is 12.9. The van der Waals surface area contributed by atoms with Crippen molar-refractivity contribution in [3.63, 3.8) is 0 Å². The molecule has 6 heteroatoms. The predicted octanol–water partition coefficient (Wildman–Crippen LogP) is 4.16. The van der Waals surface area contributed by atoms with Crippen LogP contribution in [0.2, 0.25) is 0 Å². The van der Waals surface area contributed by atoms with Gasteiger partial charge in [-0.1, -0.05) is 42.5 Å². The Hall–Kier alpha value is -2.47. The van der Waals surface area contributed by atoms with Crippen LogP contribution >= 0.6 is 12.0 Å². The smallest absolute Gasteiger partial charge is 0.249 e. The molecule has 0 radical (unpaired) electrons. The minimum atomic E-state index is -0.818. The number of halogens is 1. The molecule has 0 bridgehead atoms. The molecule has 132 valence electrons. The summed E-state index contributed by atoms with van der Waals surface area (Å²) in [7, 11) is 0. The molecule has 1 aromatic rings. The number of nitrogens with two attached hydrogens (primary N) is 1. The highest BCUT2D eigenvalue weighted by Gasteiger charge is 2.37. The van der Waals surface area contributed by atoms with Gasteiger partial charge in [-0.15, -0.1) is 0 Å². The van der Waals surface area contributed by atoms with E-state index in [0.29, 0.717) is 11.3 Å². The third kappa shape index (κ3) is 5.00. The van der Waals surface area contributed by atoms with Gasteiger partial charge >= 0.3 is 0 Å². The fraction of sp³-hybridized carbons (Fsp3) is 0.211. The first-order valence-corrected chi connectivity index (χ1v) is 8.57. The molecule has 1 aliphatic rings. The number of rotatable bonds is 7. The van der Waals surface area contributed by atoms with E-state index in [4.69, 9.17) is 14.7 Å². The van der Waals surface area contributed by atoms with E-state index in [9.17, 15) is 9.18 Å². The second-order valence-electron chi connectivity index (χ2n) is 5.50. The van der Waals surface area contributed by atoms with Crippen LogP contribution in [0.3, 0.4) is 0 Å². The van der Waals surface area contributed by atoms with E-state index in [1.165, 1.54) is 12.1 Å². The van der Waals surface area contributed by atoms with E-state index >= 15 is 0 Å². The minimum Gasteiger partial charge on any atom is -0.460 e. The lowest BCUT2D eigenvalue weighted by molar-refractivity contribution is -0.121. The van der Waals surface area contributed by atoms with Crippen LogP contribution in [-0.4, -0.2) is 11.9 Å². The zero-order valence-corrected chi connectivity index (χ0v) is 14.9. The van der Waals surface area contributed by atoms with Gasteiger partial charge in [-0.05, 0) is 37.1 Å². The zero-order chi connectivity index (χ0) is 18.4. The summed E-state index contributed by atoms with van der Waals surface area (Å²) in [5.74, 6) is -0.222. The largest absolute Gasteiger partial charge is 0.460 e. The number of allylic oxidation sites excluding steroid dienone is 3. The highest BCUT2D eigenvalue weighted by molar-refractivity contribution is 7.94. The Balaban J connectivity index is 1.97. The lowest BCUT2D eigenvalue weighted by Crippen LogP contribution is -2.20. The van der Waals surface area contributed by atoms with Crippen LogP contribution in [-0.2, 0) is 19.5 Å². The average molecular weight is 361 g/mol. The van der Waals surface area contributed by atoms with Crippen molar-refractivity contribution >= 4 is 17.8 Å². The van der Waals surface area contributed by atoms with Gasteiger partial charge in [-0.3, -0.25) is 4.79 Å². The molecule has 2 rings (SSSR count). The molecular formula is C19H20FNO3S. The van der Waals surface area contributed by atoms with Gasteiger partial charge in [0.05, 0.1) is 17.8 Å². The van der Waals surface area contributed by atoms with Crippen molar-refractivity contribution in [2.75, 3.05) is 0 Å². The van der Waals surface area contributed by atoms with Crippen molar-refractivity contribution in [1.29, 1.82) is 0 Å². The van der Waals surface area contributed by atoms with Crippen LogP contribution in [0.1, 0.15) is 19.4 Å². The summed E-state index contributed by atoms with van der Waals surface area (Å²) in [6, 6.07) is 6.05. The summed E-state index contributed by atoms with van der Waals surface area (Å²) in [6.07, 6.45) is 4.53. The molecule has 1 aromatic carbocycles. The number of hydrogen-bond donors (Lipinski definition) is 1. The molecule has 1 atom stereocenters. The van der Waals surface area contributed by atoms with Crippen molar-refractivity contribution in [3.05, 3.63) is 83.2 Å². The van der Waals surface area contributed by atoms with E-state index in [1.54, 1.807) is 30.4 Å². The van der Waals surface area contributed by atoms with E-state index in [2.05, 4.69) is 6.58 Å². The van der Waals surface area contributed by atoms with E-state index < -0.39 is 6.10 Å². The Morgan fingerprint density at radius 2 is 2.08 bits per heavy atom. The quantitative estimate of drug-likeness (QED) is 0.583. The Kier molecular flexibility index (Phi) is 6.47. The Morgan fingerprint density at radius 1 is 1.40 bits per heavy atom. The van der Waals surface area contributed by atoms with Crippen molar-refractivity contribution in [2.45, 2.75) is 25.7 Å². The van der Waals surface area contributed by atoms with Gasteiger partial charge in [0, 0.05) is 0 Å². The fourth-order valence-electron chi connectivity index (χ4n) is 2.09. The van der Waals surface area contributed by atoms with Crippen LogP contribution in [0.4, 0.5) is 4.39 Å². The molecule has 0 saturated heterocycles. The first-order valence-electron chi connectivity index (χ1n) is 7.66. The average Bonchev–Trinajstić information content (AvgIpc) is 2.85. The van der Waals surface area contributed by atoms with Gasteiger partial charge in [-0.25, -0.2) is 4.39 Å². The summed E-state index contributed by atoms with van der Waals surface area (Å²) < 4.78 is 23.8. The number of ether oxygens (including phenoxy) is 1. The molecule has 0 fully saturated rings. The van der Waals surface area contributed by atoms with E-state index in [1.807, 2.05) is 13.8 Å². The Labute approximate surface area is 151 Å². The second-order valence-corrected chi connectivity index (χ2v) is 6.19. The van der Waals surface area contributed by atoms with Crippen molar-refractivity contribution in [1.82, 2.24) is 0 Å². The lowest BCUT2D eigenvalue weighted by Gasteiger charge is -2.10. The topological polar surface area (TPSA) is 61.6 Å². The van der Waals surface area contributed by atoms with Crippen LogP contribution in [0.5, 0.6) is 0 Å². The molecular weight excluding hydrogens is 341 g/mol. The van der Waals surface area contributed by atoms with Crippen LogP contribution in [0.25, 0.3) is 0 Å². The monoisotopic (exact) mass is 361 g/mol. The van der Waals surface area contributed by atoms with Gasteiger partial charge in [-0.2, -0.15) is 0 Å². The highest BCUT2D eigenvalue weighted by Crippen LogP contribution is 2.29. The molecule has 0 spiro atoms. The van der Waals surface area contributed by atoms with Crippen molar-refractivity contribution < 1.29 is 18.1 Å². The highest BCUT2D eigenvalue weighted by atomic mass is 32.2. The van der Waals surface area contributed by atoms with Crippen LogP contribution < -0.4 is 5.73 Å². The number of Topliss-reactive ketones (excluding diaryl/α,β-unsaturated/α-hetero) is 1. The number of carbonyl (C=O) groups excluding carboxylic acids is 1. The molecule has 4 nitrogen and oxygen atoms in total. The van der Waals surface area contributed by atoms with Crippen LogP contribution in [0.15, 0.2) is 71.9 Å². The molecule has 1 unspecified atom stereocenters. The number of hydrogen-bond acceptors (Lipinski definition) is 5. The Bertz CT molecular complexity index is 750. The van der Waals surface area contributed by atoms with E-state index in [0.717, 1.165) is 23.2 Å². The first-order chi connectivity index (χ1) is 11.9. The van der Waals surface area contributed by atoms with Gasteiger partial charge in [0.25, 0.3) is 0 Å². The zero-order valence-electron chi connectivity index (χ0n) is 14.1. The number of benzene rings is 1. The molecule has 25 heavy (non-hydrogen) atoms. The second kappa shape index (κ2) is 8.58. The molecule has 2 N–H and O–H groups in total. The van der Waals surface area contributed by atoms with Gasteiger partial charge in [0.2, 0.25) is 17.4 Å². The van der Waals surface area contributed by atoms with Gasteiger partial charge in [0.1, 0.15) is 5.82 Å². The fourth-order valence-corrected chi connectivity index (χ4v) is 2.76. The van der Waals surface area contributed by atoms with Crippen molar-refractivity contribution in [3.8, 4) is 0 Å². The summed E-state index contributed by atoms with van der Waals surface area (Å²) in [5.41, 5.74) is 8.19. The molecule has 0 aromatic heterocycles. The van der Waals surface area contributed by atoms with E-state index in [-0.39, 0.29) is 23.2 Å². The van der Waals surface area contributed by atoms with Gasteiger partial charge in [0.15, 0.2) is 6.10 Å². The van der Waals surface area contributed by atoms with Crippen LogP contribution in [0, 0.1) is 5.82 Å². The first kappa shape index (κ1) is 18.9. The number of carbonyl (C=O) groups is 1. The Morgan fingerprint density at radius 3 is 2.68 bits per heavy atom. The maximum Gasteiger partial charge on any atom is 0.249 e. The SMILES string of the molecule is C=C(C)/C=C\C(=C/C)C1OC(N)=C(OSCc2ccc(F)cc2)C1=O. The minimum absolute atomic E-state index is 0.000173. The molecule has 1 aliphatic heterocycles. The number of ketones is 1. The van der Waals surface area contributed by atoms with Crippen molar-refractivity contribution in [2.24, 2.45) is 5.73 Å². The summed E-state index contributed by atoms with van der Waals surface area (Å²) in [6.45, 7) is 7.45. The maximum absolute atomic E-state index is 12.9. The lowest BCUT2D eigenvalue weighted by atomic mass is 10.0. The normalized spacial score (nSPS) is 18.0. The summed E-state index contributed by atoms with van der Waals surface area (Å²) in [4.78, 5) is 12.5. The predicted molar refractivity (Wildman–Crippen MR) is 97.6 cm³/mol. The summed E-state index contributed by atoms with van der Waals surface area (Å²) >= 11 is 1.04. The molecule has 0 aliphatic carbocycles. The standard InChI is InChI=1S/C19H20FNO3S/c1-4-14(8-5-12(2)3)17-16(22)18(19(21)23-17)24-25-11-13-6-9-15(20)10-7-13/h4-10,17H,2,11,21H2,1,3H3/b8-5-,14-4+.